The van der Waals surface area contributed by atoms with Crippen LogP contribution in [0.25, 0.3) is 0 Å². The molecule has 2 atom stereocenters. The number of fused-ring (bicyclic) bond motifs is 1. The van der Waals surface area contributed by atoms with Crippen LogP contribution in [0, 0.1) is 11.8 Å². The van der Waals surface area contributed by atoms with E-state index in [1.165, 1.54) is 5.69 Å². The Morgan fingerprint density at radius 3 is 2.67 bits per heavy atom. The van der Waals surface area contributed by atoms with Crippen LogP contribution in [0.2, 0.25) is 0 Å². The summed E-state index contributed by atoms with van der Waals surface area (Å²) < 4.78 is 0. The highest BCUT2D eigenvalue weighted by Crippen LogP contribution is 2.32. The normalized spacial score (nSPS) is 23.6. The van der Waals surface area contributed by atoms with Gasteiger partial charge in [-0.25, -0.2) is 0 Å². The predicted octanol–water partition coefficient (Wildman–Crippen LogP) is 1.93. The van der Waals surface area contributed by atoms with Crippen LogP contribution >= 0.6 is 0 Å². The summed E-state index contributed by atoms with van der Waals surface area (Å²) in [5.41, 5.74) is 2.42. The smallest absolute Gasteiger partial charge is 0.222 e. The van der Waals surface area contributed by atoms with Gasteiger partial charge in [0.15, 0.2) is 0 Å². The minimum absolute atomic E-state index is 0.296. The van der Waals surface area contributed by atoms with Crippen LogP contribution in [-0.4, -0.2) is 51.9 Å². The zero-order valence-electron chi connectivity index (χ0n) is 13.9. The quantitative estimate of drug-likeness (QED) is 0.914. The van der Waals surface area contributed by atoms with Crippen molar-refractivity contribution < 1.29 is 4.79 Å². The molecule has 2 saturated heterocycles. The number of aromatic amines is 1. The van der Waals surface area contributed by atoms with Gasteiger partial charge in [0.05, 0.1) is 0 Å². The number of aromatic nitrogens is 2. The van der Waals surface area contributed by atoms with Crippen LogP contribution in [0.3, 0.4) is 0 Å². The molecule has 5 nitrogen and oxygen atoms in total. The van der Waals surface area contributed by atoms with Crippen molar-refractivity contribution in [2.45, 2.75) is 19.4 Å². The molecule has 2 fully saturated rings. The first-order chi connectivity index (χ1) is 11.8. The van der Waals surface area contributed by atoms with E-state index in [0.717, 1.165) is 44.7 Å². The number of pyridine rings is 1. The molecule has 0 bridgehead atoms. The van der Waals surface area contributed by atoms with Crippen molar-refractivity contribution in [1.29, 1.82) is 0 Å². The number of hydrogen-bond acceptors (Lipinski definition) is 3. The molecular weight excluding hydrogens is 300 g/mol. The number of carbonyl (C=O) groups excluding carboxylic acids is 1. The summed E-state index contributed by atoms with van der Waals surface area (Å²) in [6.45, 7) is 5.07. The van der Waals surface area contributed by atoms with Crippen molar-refractivity contribution in [2.24, 2.45) is 11.8 Å². The van der Waals surface area contributed by atoms with Gasteiger partial charge in [0.1, 0.15) is 0 Å². The molecule has 2 aliphatic rings. The second kappa shape index (κ2) is 6.77. The Hall–Kier alpha value is -2.14. The fraction of sp³-hybridized carbons (Fsp3) is 0.474. The average molecular weight is 324 g/mol. The molecule has 126 valence electrons. The number of hydrogen-bond donors (Lipinski definition) is 1. The lowest BCUT2D eigenvalue weighted by Gasteiger charge is -2.21. The first-order valence-electron chi connectivity index (χ1n) is 8.79. The second-order valence-corrected chi connectivity index (χ2v) is 7.07. The third-order valence-corrected chi connectivity index (χ3v) is 5.32. The van der Waals surface area contributed by atoms with Crippen molar-refractivity contribution in [3.8, 4) is 0 Å². The summed E-state index contributed by atoms with van der Waals surface area (Å²) in [5, 5.41) is 0. The van der Waals surface area contributed by atoms with Gasteiger partial charge in [0.2, 0.25) is 5.91 Å². The standard InChI is InChI=1S/C19H24N4O/c24-19(6-5-15-3-1-7-20-9-15)23-12-16-10-22(11-17(16)13-23)14-18-4-2-8-21-18/h1-4,7-9,16-17,21H,5-6,10-14H2/t16-,17-/m0/s1. The Morgan fingerprint density at radius 1 is 1.17 bits per heavy atom. The van der Waals surface area contributed by atoms with E-state index in [-0.39, 0.29) is 0 Å². The van der Waals surface area contributed by atoms with E-state index in [2.05, 4.69) is 31.9 Å². The highest BCUT2D eigenvalue weighted by molar-refractivity contribution is 5.76. The van der Waals surface area contributed by atoms with E-state index in [9.17, 15) is 4.79 Å². The maximum atomic E-state index is 12.5. The highest BCUT2D eigenvalue weighted by atomic mass is 16.2. The first-order valence-corrected chi connectivity index (χ1v) is 8.79. The Kier molecular flexibility index (Phi) is 4.34. The van der Waals surface area contributed by atoms with Crippen LogP contribution in [0.15, 0.2) is 42.9 Å². The molecule has 0 radical (unpaired) electrons. The van der Waals surface area contributed by atoms with Gasteiger partial charge in [-0.1, -0.05) is 6.07 Å². The first kappa shape index (κ1) is 15.4. The molecule has 1 amide bonds. The number of H-pyrrole nitrogens is 1. The SMILES string of the molecule is O=C(CCc1cccnc1)N1C[C@@H]2CN(Cc3ccc[nH]3)C[C@H]2C1. The Morgan fingerprint density at radius 2 is 2.00 bits per heavy atom. The zero-order chi connectivity index (χ0) is 16.4. The fourth-order valence-electron chi connectivity index (χ4n) is 4.09. The predicted molar refractivity (Wildman–Crippen MR) is 92.2 cm³/mol. The third-order valence-electron chi connectivity index (χ3n) is 5.32. The van der Waals surface area contributed by atoms with Crippen LogP contribution in [-0.2, 0) is 17.8 Å². The van der Waals surface area contributed by atoms with Gasteiger partial charge in [0.25, 0.3) is 0 Å². The van der Waals surface area contributed by atoms with E-state index >= 15 is 0 Å². The molecule has 24 heavy (non-hydrogen) atoms. The summed E-state index contributed by atoms with van der Waals surface area (Å²) in [6.07, 6.45) is 6.99. The molecule has 0 unspecified atom stereocenters. The number of likely N-dealkylation sites (tertiary alicyclic amines) is 2. The fourth-order valence-corrected chi connectivity index (χ4v) is 4.09. The number of nitrogens with zero attached hydrogens (tertiary/aromatic N) is 3. The molecule has 4 heterocycles. The number of aryl methyl sites for hydroxylation is 1. The molecule has 0 spiro atoms. The van der Waals surface area contributed by atoms with Gasteiger partial charge in [-0.3, -0.25) is 14.7 Å². The maximum Gasteiger partial charge on any atom is 0.222 e. The average Bonchev–Trinajstić information content (AvgIpc) is 3.30. The molecule has 2 aromatic rings. The topological polar surface area (TPSA) is 52.2 Å². The molecule has 5 heteroatoms. The van der Waals surface area contributed by atoms with Crippen molar-refractivity contribution in [2.75, 3.05) is 26.2 Å². The third kappa shape index (κ3) is 3.36. The molecule has 0 aromatic carbocycles. The minimum atomic E-state index is 0.296. The van der Waals surface area contributed by atoms with E-state index in [0.29, 0.717) is 24.2 Å². The zero-order valence-corrected chi connectivity index (χ0v) is 13.9. The van der Waals surface area contributed by atoms with E-state index < -0.39 is 0 Å². The van der Waals surface area contributed by atoms with Gasteiger partial charge in [0, 0.05) is 63.4 Å². The summed E-state index contributed by atoms with van der Waals surface area (Å²) in [5.74, 6) is 1.58. The number of amides is 1. The van der Waals surface area contributed by atoms with E-state index in [1.54, 1.807) is 6.20 Å². The van der Waals surface area contributed by atoms with Gasteiger partial charge in [-0.2, -0.15) is 0 Å². The summed E-state index contributed by atoms with van der Waals surface area (Å²) in [7, 11) is 0. The second-order valence-electron chi connectivity index (χ2n) is 7.07. The van der Waals surface area contributed by atoms with Crippen molar-refractivity contribution >= 4 is 5.91 Å². The summed E-state index contributed by atoms with van der Waals surface area (Å²) in [4.78, 5) is 24.5. The van der Waals surface area contributed by atoms with Crippen LogP contribution in [0.4, 0.5) is 0 Å². The summed E-state index contributed by atoms with van der Waals surface area (Å²) >= 11 is 0. The van der Waals surface area contributed by atoms with Crippen LogP contribution < -0.4 is 0 Å². The minimum Gasteiger partial charge on any atom is -0.364 e. The summed E-state index contributed by atoms with van der Waals surface area (Å²) in [6, 6.07) is 8.16. The molecule has 0 aliphatic carbocycles. The van der Waals surface area contributed by atoms with Crippen LogP contribution in [0.1, 0.15) is 17.7 Å². The molecule has 0 saturated carbocycles. The Balaban J connectivity index is 1.25. The van der Waals surface area contributed by atoms with E-state index in [1.807, 2.05) is 24.5 Å². The number of nitrogens with one attached hydrogen (secondary N) is 1. The van der Waals surface area contributed by atoms with Gasteiger partial charge in [-0.05, 0) is 42.0 Å². The number of carbonyl (C=O) groups is 1. The van der Waals surface area contributed by atoms with Crippen molar-refractivity contribution in [1.82, 2.24) is 19.8 Å². The van der Waals surface area contributed by atoms with E-state index in [4.69, 9.17) is 0 Å². The van der Waals surface area contributed by atoms with Crippen LogP contribution in [0.5, 0.6) is 0 Å². The lowest BCUT2D eigenvalue weighted by Crippen LogP contribution is -2.33. The Labute approximate surface area is 142 Å². The monoisotopic (exact) mass is 324 g/mol. The lowest BCUT2D eigenvalue weighted by molar-refractivity contribution is -0.130. The van der Waals surface area contributed by atoms with Gasteiger partial charge >= 0.3 is 0 Å². The molecule has 4 rings (SSSR count). The van der Waals surface area contributed by atoms with Crippen molar-refractivity contribution in [3.05, 3.63) is 54.1 Å². The lowest BCUT2D eigenvalue weighted by atomic mass is 10.0. The number of rotatable bonds is 5. The molecule has 1 N–H and O–H groups in total. The maximum absolute atomic E-state index is 12.5. The molecular formula is C19H24N4O. The highest BCUT2D eigenvalue weighted by Gasteiger charge is 2.41. The molecule has 2 aliphatic heterocycles. The Bertz CT molecular complexity index is 656. The molecule has 2 aromatic heterocycles. The van der Waals surface area contributed by atoms with Gasteiger partial charge < -0.3 is 9.88 Å². The van der Waals surface area contributed by atoms with Crippen molar-refractivity contribution in [3.63, 3.8) is 0 Å². The van der Waals surface area contributed by atoms with Gasteiger partial charge in [-0.15, -0.1) is 0 Å². The largest absolute Gasteiger partial charge is 0.364 e.